The molecule has 0 bridgehead atoms. The van der Waals surface area contributed by atoms with Gasteiger partial charge in [0.05, 0.1) is 19.1 Å². The third-order valence-electron chi connectivity index (χ3n) is 5.05. The van der Waals surface area contributed by atoms with Crippen LogP contribution < -0.4 is 16.0 Å². The third kappa shape index (κ3) is 4.73. The highest BCUT2D eigenvalue weighted by Crippen LogP contribution is 2.29. The zero-order valence-electron chi connectivity index (χ0n) is 15.1. The maximum absolute atomic E-state index is 11.1. The van der Waals surface area contributed by atoms with Crippen molar-refractivity contribution in [2.24, 2.45) is 5.92 Å². The molecule has 1 aromatic heterocycles. The highest BCUT2D eigenvalue weighted by atomic mass is 16.5. The number of piperidine rings is 1. The quantitative estimate of drug-likeness (QED) is 0.594. The summed E-state index contributed by atoms with van der Waals surface area (Å²) in [5, 5.41) is 12.4. The lowest BCUT2D eigenvalue weighted by Gasteiger charge is -2.31. The second-order valence-corrected chi connectivity index (χ2v) is 6.79. The number of carbonyl (C=O) groups is 1. The van der Waals surface area contributed by atoms with Crippen molar-refractivity contribution in [1.29, 1.82) is 0 Å². The van der Waals surface area contributed by atoms with Gasteiger partial charge in [0.15, 0.2) is 11.6 Å². The van der Waals surface area contributed by atoms with E-state index in [1.54, 1.807) is 0 Å². The fraction of sp³-hybridized carbons (Fsp3) is 0.706. The Labute approximate surface area is 153 Å². The maximum Gasteiger partial charge on any atom is 0.306 e. The molecule has 9 nitrogen and oxygen atoms in total. The minimum atomic E-state index is -0.720. The van der Waals surface area contributed by atoms with Crippen molar-refractivity contribution in [3.63, 3.8) is 0 Å². The number of aromatic nitrogens is 2. The summed E-state index contributed by atoms with van der Waals surface area (Å²) in [6.07, 6.45) is 3.74. The van der Waals surface area contributed by atoms with E-state index in [0.29, 0.717) is 43.3 Å². The smallest absolute Gasteiger partial charge is 0.306 e. The van der Waals surface area contributed by atoms with Crippen LogP contribution >= 0.6 is 0 Å². The number of nitrogens with one attached hydrogen (secondary N) is 1. The summed E-state index contributed by atoms with van der Waals surface area (Å²) in [6.45, 7) is 6.72. The first-order valence-electron chi connectivity index (χ1n) is 9.27. The van der Waals surface area contributed by atoms with Gasteiger partial charge in [-0.05, 0) is 25.8 Å². The van der Waals surface area contributed by atoms with E-state index in [1.807, 2.05) is 0 Å². The molecule has 0 radical (unpaired) electrons. The highest BCUT2D eigenvalue weighted by Gasteiger charge is 2.26. The molecule has 2 aliphatic rings. The minimum Gasteiger partial charge on any atom is -0.481 e. The van der Waals surface area contributed by atoms with Crippen LogP contribution in [0, 0.1) is 5.92 Å². The number of morpholine rings is 1. The normalized spacial score (nSPS) is 19.5. The molecule has 3 rings (SSSR count). The third-order valence-corrected chi connectivity index (χ3v) is 5.05. The van der Waals surface area contributed by atoms with E-state index < -0.39 is 5.97 Å². The number of hydrogen-bond acceptors (Lipinski definition) is 8. The molecule has 4 N–H and O–H groups in total. The average Bonchev–Trinajstić information content (AvgIpc) is 2.67. The molecule has 0 amide bonds. The first kappa shape index (κ1) is 18.7. The van der Waals surface area contributed by atoms with Gasteiger partial charge in [-0.15, -0.1) is 0 Å². The number of nitrogens with zero attached hydrogens (tertiary/aromatic N) is 4. The first-order chi connectivity index (χ1) is 12.6. The number of aliphatic carboxylic acids is 1. The number of nitrogen functional groups attached to an aromatic ring is 1. The second-order valence-electron chi connectivity index (χ2n) is 6.79. The second kappa shape index (κ2) is 9.00. The molecule has 9 heteroatoms. The molecule has 144 valence electrons. The molecule has 0 aromatic carbocycles. The van der Waals surface area contributed by atoms with Gasteiger partial charge in [-0.3, -0.25) is 9.69 Å². The Morgan fingerprint density at radius 2 is 2.00 bits per heavy atom. The summed E-state index contributed by atoms with van der Waals surface area (Å²) < 4.78 is 5.35. The van der Waals surface area contributed by atoms with Crippen LogP contribution in [0.3, 0.4) is 0 Å². The summed E-state index contributed by atoms with van der Waals surface area (Å²) in [7, 11) is 0. The number of nitrogens with two attached hydrogens (primary N) is 1. The summed E-state index contributed by atoms with van der Waals surface area (Å²) in [6, 6.07) is 0. The molecule has 1 aromatic rings. The molecule has 3 heterocycles. The standard InChI is InChI=1S/C17H28N6O3/c18-14-15(19-4-1-5-22-8-10-26-11-9-22)20-12-21-16(14)23-6-2-13(3-7-23)17(24)25/h12-13H,1-11,18H2,(H,24,25)(H,19,20,21). The topological polar surface area (TPSA) is 117 Å². The molecule has 2 aliphatic heterocycles. The van der Waals surface area contributed by atoms with Crippen molar-refractivity contribution in [2.75, 3.05) is 68.4 Å². The monoisotopic (exact) mass is 364 g/mol. The molecule has 2 fully saturated rings. The van der Waals surface area contributed by atoms with Crippen LogP contribution in [0.5, 0.6) is 0 Å². The van der Waals surface area contributed by atoms with E-state index in [9.17, 15) is 4.79 Å². The Kier molecular flexibility index (Phi) is 6.45. The number of carboxylic acid groups (broad SMARTS) is 1. The van der Waals surface area contributed by atoms with Crippen LogP contribution in [0.4, 0.5) is 17.3 Å². The predicted octanol–water partition coefficient (Wildman–Crippen LogP) is 0.494. The largest absolute Gasteiger partial charge is 0.481 e. The van der Waals surface area contributed by atoms with E-state index in [4.69, 9.17) is 15.6 Å². The van der Waals surface area contributed by atoms with Gasteiger partial charge in [0.1, 0.15) is 12.0 Å². The van der Waals surface area contributed by atoms with Gasteiger partial charge in [-0.2, -0.15) is 0 Å². The van der Waals surface area contributed by atoms with Crippen molar-refractivity contribution in [1.82, 2.24) is 14.9 Å². The van der Waals surface area contributed by atoms with E-state index >= 15 is 0 Å². The van der Waals surface area contributed by atoms with Crippen LogP contribution in [0.1, 0.15) is 19.3 Å². The van der Waals surface area contributed by atoms with Gasteiger partial charge < -0.3 is 25.8 Å². The molecule has 26 heavy (non-hydrogen) atoms. The molecule has 0 aliphatic carbocycles. The summed E-state index contributed by atoms with van der Waals surface area (Å²) in [4.78, 5) is 24.1. The zero-order chi connectivity index (χ0) is 18.4. The number of hydrogen-bond donors (Lipinski definition) is 3. The number of carboxylic acids is 1. The van der Waals surface area contributed by atoms with Crippen molar-refractivity contribution >= 4 is 23.3 Å². The number of rotatable bonds is 7. The fourth-order valence-corrected chi connectivity index (χ4v) is 3.45. The minimum absolute atomic E-state index is 0.271. The number of ether oxygens (including phenoxy) is 1. The Balaban J connectivity index is 1.50. The Hall–Kier alpha value is -2.13. The van der Waals surface area contributed by atoms with Crippen LogP contribution in [0.25, 0.3) is 0 Å². The fourth-order valence-electron chi connectivity index (χ4n) is 3.45. The highest BCUT2D eigenvalue weighted by molar-refractivity contribution is 5.75. The Bertz CT molecular complexity index is 600. The van der Waals surface area contributed by atoms with Crippen molar-refractivity contribution in [2.45, 2.75) is 19.3 Å². The van der Waals surface area contributed by atoms with Gasteiger partial charge in [-0.25, -0.2) is 9.97 Å². The predicted molar refractivity (Wildman–Crippen MR) is 99.4 cm³/mol. The molecular formula is C17H28N6O3. The molecule has 0 unspecified atom stereocenters. The Morgan fingerprint density at radius 1 is 1.27 bits per heavy atom. The molecular weight excluding hydrogens is 336 g/mol. The first-order valence-corrected chi connectivity index (χ1v) is 9.27. The van der Waals surface area contributed by atoms with Crippen molar-refractivity contribution < 1.29 is 14.6 Å². The van der Waals surface area contributed by atoms with Gasteiger partial charge in [0.2, 0.25) is 0 Å². The van der Waals surface area contributed by atoms with E-state index in [0.717, 1.165) is 45.8 Å². The lowest BCUT2D eigenvalue weighted by Crippen LogP contribution is -2.37. The SMILES string of the molecule is Nc1c(NCCCN2CCOCC2)ncnc1N1CCC(C(=O)O)CC1. The molecule has 0 saturated carbocycles. The molecule has 2 saturated heterocycles. The van der Waals surface area contributed by atoms with E-state index in [-0.39, 0.29) is 5.92 Å². The van der Waals surface area contributed by atoms with Gasteiger partial charge >= 0.3 is 5.97 Å². The van der Waals surface area contributed by atoms with Crippen LogP contribution in [0.2, 0.25) is 0 Å². The lowest BCUT2D eigenvalue weighted by molar-refractivity contribution is -0.142. The maximum atomic E-state index is 11.1. The van der Waals surface area contributed by atoms with Crippen LogP contribution in [-0.2, 0) is 9.53 Å². The Morgan fingerprint density at radius 3 is 2.69 bits per heavy atom. The van der Waals surface area contributed by atoms with E-state index in [2.05, 4.69) is 25.1 Å². The van der Waals surface area contributed by atoms with Crippen LogP contribution in [0.15, 0.2) is 6.33 Å². The van der Waals surface area contributed by atoms with Crippen LogP contribution in [-0.4, -0.2) is 78.4 Å². The summed E-state index contributed by atoms with van der Waals surface area (Å²) >= 11 is 0. The molecule has 0 spiro atoms. The van der Waals surface area contributed by atoms with Gasteiger partial charge in [-0.1, -0.05) is 0 Å². The van der Waals surface area contributed by atoms with Gasteiger partial charge in [0.25, 0.3) is 0 Å². The average molecular weight is 364 g/mol. The zero-order valence-corrected chi connectivity index (χ0v) is 15.1. The lowest BCUT2D eigenvalue weighted by atomic mass is 9.97. The summed E-state index contributed by atoms with van der Waals surface area (Å²) in [5.41, 5.74) is 6.80. The summed E-state index contributed by atoms with van der Waals surface area (Å²) in [5.74, 6) is 0.354. The van der Waals surface area contributed by atoms with Gasteiger partial charge in [0, 0.05) is 32.7 Å². The van der Waals surface area contributed by atoms with E-state index in [1.165, 1.54) is 6.33 Å². The number of anilines is 3. The van der Waals surface area contributed by atoms with Crippen molar-refractivity contribution in [3.05, 3.63) is 6.33 Å². The molecule has 0 atom stereocenters. The van der Waals surface area contributed by atoms with Crippen molar-refractivity contribution in [3.8, 4) is 0 Å².